The molecule has 106 valence electrons. The van der Waals surface area contributed by atoms with Gasteiger partial charge in [0.15, 0.2) is 16.6 Å². The Morgan fingerprint density at radius 2 is 2.30 bits per heavy atom. The summed E-state index contributed by atoms with van der Waals surface area (Å²) in [6.07, 6.45) is 2.24. The minimum absolute atomic E-state index is 0.00810. The van der Waals surface area contributed by atoms with Gasteiger partial charge in [-0.25, -0.2) is 9.78 Å². The minimum Gasteiger partial charge on any atom is -0.476 e. The number of carbonyl (C=O) groups excluding carboxylic acids is 1. The molecule has 0 saturated carbocycles. The van der Waals surface area contributed by atoms with Crippen molar-refractivity contribution in [2.45, 2.75) is 26.3 Å². The number of carboxylic acids is 1. The number of nitrogens with zero attached hydrogens (tertiary/aromatic N) is 1. The lowest BCUT2D eigenvalue weighted by atomic mass is 10.2. The maximum absolute atomic E-state index is 11.4. The molecule has 1 unspecified atom stereocenters. The van der Waals surface area contributed by atoms with Crippen molar-refractivity contribution >= 4 is 28.2 Å². The molecule has 20 heavy (non-hydrogen) atoms. The Hall–Kier alpha value is -2.15. The van der Waals surface area contributed by atoms with Crippen LogP contribution in [-0.2, 0) is 6.42 Å². The molecule has 2 rings (SSSR count). The van der Waals surface area contributed by atoms with Crippen LogP contribution in [0.15, 0.2) is 22.8 Å². The number of Topliss-reactive ketones (excluding diaryl/α,β-unsaturated/α-hetero) is 1. The first-order chi connectivity index (χ1) is 9.47. The average Bonchev–Trinajstić information content (AvgIpc) is 2.97. The van der Waals surface area contributed by atoms with Gasteiger partial charge in [-0.15, -0.1) is 0 Å². The highest BCUT2D eigenvalue weighted by atomic mass is 32.1. The van der Waals surface area contributed by atoms with E-state index < -0.39 is 5.97 Å². The lowest BCUT2D eigenvalue weighted by Crippen LogP contribution is -2.17. The SMILES string of the molecule is CC(=O)c1sc(NC(C)Cc2ccco2)nc1C(=O)O. The highest BCUT2D eigenvalue weighted by Gasteiger charge is 2.21. The van der Waals surface area contributed by atoms with Gasteiger partial charge in [-0.3, -0.25) is 4.79 Å². The Morgan fingerprint density at radius 3 is 2.80 bits per heavy atom. The number of rotatable bonds is 6. The quantitative estimate of drug-likeness (QED) is 0.796. The van der Waals surface area contributed by atoms with Gasteiger partial charge in [0.2, 0.25) is 0 Å². The summed E-state index contributed by atoms with van der Waals surface area (Å²) in [5.41, 5.74) is -0.199. The second kappa shape index (κ2) is 5.87. The summed E-state index contributed by atoms with van der Waals surface area (Å²) in [5, 5.41) is 12.5. The first kappa shape index (κ1) is 14.3. The lowest BCUT2D eigenvalue weighted by molar-refractivity contribution is 0.0687. The molecule has 0 aliphatic heterocycles. The van der Waals surface area contributed by atoms with E-state index in [0.29, 0.717) is 11.6 Å². The Morgan fingerprint density at radius 1 is 1.55 bits per heavy atom. The van der Waals surface area contributed by atoms with Gasteiger partial charge < -0.3 is 14.8 Å². The predicted molar refractivity (Wildman–Crippen MR) is 74.6 cm³/mol. The first-order valence-electron chi connectivity index (χ1n) is 6.01. The third kappa shape index (κ3) is 3.24. The topological polar surface area (TPSA) is 92.4 Å². The van der Waals surface area contributed by atoms with Crippen molar-refractivity contribution in [1.82, 2.24) is 4.98 Å². The molecule has 0 saturated heterocycles. The van der Waals surface area contributed by atoms with Crippen LogP contribution < -0.4 is 5.32 Å². The highest BCUT2D eigenvalue weighted by Crippen LogP contribution is 2.24. The van der Waals surface area contributed by atoms with Crippen LogP contribution in [0.25, 0.3) is 0 Å². The van der Waals surface area contributed by atoms with E-state index in [1.807, 2.05) is 19.1 Å². The van der Waals surface area contributed by atoms with E-state index in [2.05, 4.69) is 10.3 Å². The zero-order chi connectivity index (χ0) is 14.7. The van der Waals surface area contributed by atoms with E-state index in [1.54, 1.807) is 6.26 Å². The zero-order valence-corrected chi connectivity index (χ0v) is 11.9. The molecule has 2 aromatic heterocycles. The predicted octanol–water partition coefficient (Wildman–Crippen LogP) is 2.68. The Kier molecular flexibility index (Phi) is 4.19. The molecule has 2 heterocycles. The molecule has 2 N–H and O–H groups in total. The number of thiazole rings is 1. The van der Waals surface area contributed by atoms with E-state index in [-0.39, 0.29) is 22.4 Å². The van der Waals surface area contributed by atoms with Crippen LogP contribution in [0.1, 0.15) is 39.8 Å². The molecule has 6 nitrogen and oxygen atoms in total. The molecule has 0 amide bonds. The van der Waals surface area contributed by atoms with E-state index in [0.717, 1.165) is 17.1 Å². The number of furan rings is 1. The summed E-state index contributed by atoms with van der Waals surface area (Å²) in [6, 6.07) is 3.68. The van der Waals surface area contributed by atoms with E-state index in [9.17, 15) is 9.59 Å². The van der Waals surface area contributed by atoms with Gasteiger partial charge in [-0.1, -0.05) is 11.3 Å². The number of hydrogen-bond acceptors (Lipinski definition) is 6. The fourth-order valence-corrected chi connectivity index (χ4v) is 2.72. The maximum atomic E-state index is 11.4. The van der Waals surface area contributed by atoms with Gasteiger partial charge in [0.1, 0.15) is 10.6 Å². The highest BCUT2D eigenvalue weighted by molar-refractivity contribution is 7.17. The molecule has 2 aromatic rings. The molecule has 0 bridgehead atoms. The summed E-state index contributed by atoms with van der Waals surface area (Å²) in [6.45, 7) is 3.26. The molecular formula is C13H14N2O4S. The van der Waals surface area contributed by atoms with Crippen molar-refractivity contribution in [2.24, 2.45) is 0 Å². The molecular weight excluding hydrogens is 280 g/mol. The summed E-state index contributed by atoms with van der Waals surface area (Å²) in [5.74, 6) is -0.670. The number of ketones is 1. The monoisotopic (exact) mass is 294 g/mol. The summed E-state index contributed by atoms with van der Waals surface area (Å²) < 4.78 is 5.24. The number of aromatic carboxylic acids is 1. The summed E-state index contributed by atoms with van der Waals surface area (Å²) in [4.78, 5) is 26.5. The molecule has 1 atom stereocenters. The normalized spacial score (nSPS) is 12.1. The average molecular weight is 294 g/mol. The van der Waals surface area contributed by atoms with Gasteiger partial charge in [-0.2, -0.15) is 0 Å². The fourth-order valence-electron chi connectivity index (χ4n) is 1.76. The number of carbonyl (C=O) groups is 2. The second-order valence-corrected chi connectivity index (χ2v) is 5.39. The van der Waals surface area contributed by atoms with Crippen LogP contribution in [0.4, 0.5) is 5.13 Å². The van der Waals surface area contributed by atoms with Crippen LogP contribution in [0.3, 0.4) is 0 Å². The van der Waals surface area contributed by atoms with Crippen LogP contribution >= 0.6 is 11.3 Å². The standard InChI is InChI=1S/C13H14N2O4S/c1-7(6-9-4-3-5-19-9)14-13-15-10(12(17)18)11(20-13)8(2)16/h3-5,7H,6H2,1-2H3,(H,14,15)(H,17,18). The minimum atomic E-state index is -1.20. The van der Waals surface area contributed by atoms with Gasteiger partial charge in [0, 0.05) is 19.4 Å². The fraction of sp³-hybridized carbons (Fsp3) is 0.308. The largest absolute Gasteiger partial charge is 0.476 e. The first-order valence-corrected chi connectivity index (χ1v) is 6.83. The van der Waals surface area contributed by atoms with Gasteiger partial charge >= 0.3 is 5.97 Å². The van der Waals surface area contributed by atoms with Crippen molar-refractivity contribution in [3.05, 3.63) is 34.7 Å². The van der Waals surface area contributed by atoms with Crippen LogP contribution in [0.2, 0.25) is 0 Å². The zero-order valence-electron chi connectivity index (χ0n) is 11.0. The lowest BCUT2D eigenvalue weighted by Gasteiger charge is -2.10. The Labute approximate surface area is 119 Å². The number of hydrogen-bond donors (Lipinski definition) is 2. The number of carboxylic acid groups (broad SMARTS) is 1. The molecule has 0 spiro atoms. The van der Waals surface area contributed by atoms with Crippen LogP contribution in [-0.4, -0.2) is 27.9 Å². The number of nitrogens with one attached hydrogen (secondary N) is 1. The maximum Gasteiger partial charge on any atom is 0.356 e. The molecule has 0 aromatic carbocycles. The van der Waals surface area contributed by atoms with Crippen molar-refractivity contribution in [1.29, 1.82) is 0 Å². The third-order valence-electron chi connectivity index (χ3n) is 2.61. The summed E-state index contributed by atoms with van der Waals surface area (Å²) >= 11 is 1.05. The molecule has 0 aliphatic rings. The second-order valence-electron chi connectivity index (χ2n) is 4.39. The van der Waals surface area contributed by atoms with E-state index in [1.165, 1.54) is 6.92 Å². The van der Waals surface area contributed by atoms with Crippen molar-refractivity contribution < 1.29 is 19.1 Å². The van der Waals surface area contributed by atoms with Gasteiger partial charge in [0.05, 0.1) is 6.26 Å². The number of aromatic nitrogens is 1. The molecule has 0 aliphatic carbocycles. The Balaban J connectivity index is 2.11. The number of anilines is 1. The van der Waals surface area contributed by atoms with Crippen LogP contribution in [0.5, 0.6) is 0 Å². The smallest absolute Gasteiger partial charge is 0.356 e. The summed E-state index contributed by atoms with van der Waals surface area (Å²) in [7, 11) is 0. The van der Waals surface area contributed by atoms with E-state index >= 15 is 0 Å². The van der Waals surface area contributed by atoms with Crippen molar-refractivity contribution in [2.75, 3.05) is 5.32 Å². The molecule has 0 radical (unpaired) electrons. The van der Waals surface area contributed by atoms with Crippen LogP contribution in [0, 0.1) is 0 Å². The van der Waals surface area contributed by atoms with Crippen molar-refractivity contribution in [3.63, 3.8) is 0 Å². The molecule has 0 fully saturated rings. The Bertz CT molecular complexity index is 587. The van der Waals surface area contributed by atoms with Gasteiger partial charge in [-0.05, 0) is 19.1 Å². The third-order valence-corrected chi connectivity index (χ3v) is 3.69. The van der Waals surface area contributed by atoms with Gasteiger partial charge in [0.25, 0.3) is 0 Å². The van der Waals surface area contributed by atoms with E-state index in [4.69, 9.17) is 9.52 Å². The molecule has 7 heteroatoms. The van der Waals surface area contributed by atoms with Crippen molar-refractivity contribution in [3.8, 4) is 0 Å².